The molecule has 1 amide bonds. The first-order valence-electron chi connectivity index (χ1n) is 7.36. The topological polar surface area (TPSA) is 84.4 Å². The minimum Gasteiger partial charge on any atom is -0.387 e. The molecule has 22 heavy (non-hydrogen) atoms. The molecule has 1 aromatic carbocycles. The third-order valence-corrected chi connectivity index (χ3v) is 4.17. The van der Waals surface area contributed by atoms with Crippen LogP contribution < -0.4 is 5.73 Å². The Hall–Kier alpha value is -2.18. The highest BCUT2D eigenvalue weighted by atomic mass is 16.3. The van der Waals surface area contributed by atoms with Crippen molar-refractivity contribution in [3.05, 3.63) is 52.8 Å². The van der Waals surface area contributed by atoms with Crippen LogP contribution in [0.5, 0.6) is 0 Å². The van der Waals surface area contributed by atoms with E-state index >= 15 is 0 Å². The van der Waals surface area contributed by atoms with E-state index in [9.17, 15) is 9.90 Å². The number of carbonyl (C=O) groups is 1. The highest BCUT2D eigenvalue weighted by molar-refractivity contribution is 5.92. The summed E-state index contributed by atoms with van der Waals surface area (Å²) in [6.07, 6.45) is 0.254. The van der Waals surface area contributed by atoms with Gasteiger partial charge in [0.1, 0.15) is 0 Å². The standard InChI is InChI=1S/C16H20N4O2/c1-19-13-7-8-20(9-12(13)15(18-19)16(17)22)10-14(21)11-5-3-2-4-6-11/h2-6,14,21H,7-10H2,1H3,(H2,17,22)/t14-/m0/s1. The summed E-state index contributed by atoms with van der Waals surface area (Å²) in [5.41, 5.74) is 8.59. The maximum absolute atomic E-state index is 11.5. The number of hydrogen-bond donors (Lipinski definition) is 2. The smallest absolute Gasteiger partial charge is 0.269 e. The number of aryl methyl sites for hydroxylation is 1. The van der Waals surface area contributed by atoms with E-state index in [-0.39, 0.29) is 0 Å². The molecule has 6 nitrogen and oxygen atoms in total. The predicted octanol–water partition coefficient (Wildman–Crippen LogP) is 0.611. The maximum atomic E-state index is 11.5. The molecule has 2 aromatic rings. The molecule has 0 unspecified atom stereocenters. The first-order valence-corrected chi connectivity index (χ1v) is 7.36. The number of amides is 1. The van der Waals surface area contributed by atoms with Crippen LogP contribution >= 0.6 is 0 Å². The van der Waals surface area contributed by atoms with Crippen LogP contribution in [-0.4, -0.2) is 38.8 Å². The van der Waals surface area contributed by atoms with Crippen LogP contribution in [0.3, 0.4) is 0 Å². The Bertz CT molecular complexity index is 681. The highest BCUT2D eigenvalue weighted by Gasteiger charge is 2.27. The largest absolute Gasteiger partial charge is 0.387 e. The molecular weight excluding hydrogens is 280 g/mol. The monoisotopic (exact) mass is 300 g/mol. The van der Waals surface area contributed by atoms with Crippen molar-refractivity contribution in [3.63, 3.8) is 0 Å². The third-order valence-electron chi connectivity index (χ3n) is 4.17. The summed E-state index contributed by atoms with van der Waals surface area (Å²) >= 11 is 0. The Labute approximate surface area is 129 Å². The zero-order valence-corrected chi connectivity index (χ0v) is 12.6. The lowest BCUT2D eigenvalue weighted by Gasteiger charge is -2.29. The number of carbonyl (C=O) groups excluding carboxylic acids is 1. The van der Waals surface area contributed by atoms with Gasteiger partial charge in [-0.1, -0.05) is 30.3 Å². The van der Waals surface area contributed by atoms with Crippen LogP contribution in [0.1, 0.15) is 33.4 Å². The molecule has 1 aliphatic heterocycles. The number of aliphatic hydroxyl groups is 1. The highest BCUT2D eigenvalue weighted by Crippen LogP contribution is 2.24. The van der Waals surface area contributed by atoms with Crippen LogP contribution in [0.2, 0.25) is 0 Å². The fourth-order valence-electron chi connectivity index (χ4n) is 3.03. The fraction of sp³-hybridized carbons (Fsp3) is 0.375. The second-order valence-electron chi connectivity index (χ2n) is 5.67. The van der Waals surface area contributed by atoms with E-state index in [1.54, 1.807) is 4.68 Å². The van der Waals surface area contributed by atoms with E-state index < -0.39 is 12.0 Å². The van der Waals surface area contributed by atoms with Crippen LogP contribution in [0.15, 0.2) is 30.3 Å². The number of aliphatic hydroxyl groups excluding tert-OH is 1. The molecule has 1 aromatic heterocycles. The number of benzene rings is 1. The molecule has 3 rings (SSSR count). The van der Waals surface area contributed by atoms with Gasteiger partial charge < -0.3 is 10.8 Å². The van der Waals surface area contributed by atoms with Gasteiger partial charge in [-0.25, -0.2) is 0 Å². The summed E-state index contributed by atoms with van der Waals surface area (Å²) in [5.74, 6) is -0.498. The Morgan fingerprint density at radius 3 is 2.82 bits per heavy atom. The summed E-state index contributed by atoms with van der Waals surface area (Å²) in [6.45, 7) is 1.94. The summed E-state index contributed by atoms with van der Waals surface area (Å²) < 4.78 is 1.74. The average molecular weight is 300 g/mol. The van der Waals surface area contributed by atoms with Gasteiger partial charge in [0.05, 0.1) is 6.10 Å². The summed E-state index contributed by atoms with van der Waals surface area (Å²) in [4.78, 5) is 13.6. The molecule has 0 aliphatic carbocycles. The van der Waals surface area contributed by atoms with E-state index in [1.807, 2.05) is 37.4 Å². The first-order chi connectivity index (χ1) is 10.6. The van der Waals surface area contributed by atoms with Gasteiger partial charge in [-0.15, -0.1) is 0 Å². The van der Waals surface area contributed by atoms with Crippen molar-refractivity contribution in [2.75, 3.05) is 13.1 Å². The van der Waals surface area contributed by atoms with E-state index in [1.165, 1.54) is 0 Å². The molecule has 6 heteroatoms. The van der Waals surface area contributed by atoms with Gasteiger partial charge in [0.25, 0.3) is 5.91 Å². The average Bonchev–Trinajstić information content (AvgIpc) is 2.85. The normalized spacial score (nSPS) is 16.3. The summed E-state index contributed by atoms with van der Waals surface area (Å²) in [6, 6.07) is 9.59. The van der Waals surface area contributed by atoms with E-state index in [2.05, 4.69) is 10.00 Å². The van der Waals surface area contributed by atoms with Crippen molar-refractivity contribution in [3.8, 4) is 0 Å². The van der Waals surface area contributed by atoms with Gasteiger partial charge in [-0.05, 0) is 5.56 Å². The Morgan fingerprint density at radius 1 is 1.41 bits per heavy atom. The summed E-state index contributed by atoms with van der Waals surface area (Å²) in [7, 11) is 1.83. The Kier molecular flexibility index (Phi) is 3.96. The number of fused-ring (bicyclic) bond motifs is 1. The number of hydrogen-bond acceptors (Lipinski definition) is 4. The predicted molar refractivity (Wildman–Crippen MR) is 82.1 cm³/mol. The lowest BCUT2D eigenvalue weighted by Crippen LogP contribution is -2.35. The Morgan fingerprint density at radius 2 is 2.14 bits per heavy atom. The van der Waals surface area contributed by atoms with Gasteiger partial charge in [-0.2, -0.15) is 5.10 Å². The van der Waals surface area contributed by atoms with Crippen molar-refractivity contribution in [1.29, 1.82) is 0 Å². The van der Waals surface area contributed by atoms with E-state index in [4.69, 9.17) is 5.73 Å². The molecule has 116 valence electrons. The second kappa shape index (κ2) is 5.90. The van der Waals surface area contributed by atoms with Gasteiger partial charge in [0.2, 0.25) is 0 Å². The number of rotatable bonds is 4. The van der Waals surface area contributed by atoms with Crippen LogP contribution in [0.25, 0.3) is 0 Å². The molecule has 2 heterocycles. The van der Waals surface area contributed by atoms with Crippen molar-refractivity contribution in [2.45, 2.75) is 19.1 Å². The first kappa shape index (κ1) is 14.7. The number of aromatic nitrogens is 2. The SMILES string of the molecule is Cn1nc(C(N)=O)c2c1CCN(C[C@H](O)c1ccccc1)C2. The Balaban J connectivity index is 1.76. The van der Waals surface area contributed by atoms with Gasteiger partial charge >= 0.3 is 0 Å². The van der Waals surface area contributed by atoms with E-state index in [0.717, 1.165) is 29.8 Å². The quantitative estimate of drug-likeness (QED) is 0.866. The molecule has 0 fully saturated rings. The van der Waals surface area contributed by atoms with Gasteiger partial charge in [-0.3, -0.25) is 14.4 Å². The minimum absolute atomic E-state index is 0.344. The number of primary amides is 1. The molecule has 1 aliphatic rings. The zero-order chi connectivity index (χ0) is 15.7. The lowest BCUT2D eigenvalue weighted by atomic mass is 10.0. The van der Waals surface area contributed by atoms with Crippen molar-refractivity contribution in [1.82, 2.24) is 14.7 Å². The van der Waals surface area contributed by atoms with Crippen LogP contribution in [0.4, 0.5) is 0 Å². The molecule has 0 radical (unpaired) electrons. The summed E-state index contributed by atoms with van der Waals surface area (Å²) in [5, 5.41) is 14.6. The number of nitrogens with two attached hydrogens (primary N) is 1. The van der Waals surface area contributed by atoms with E-state index in [0.29, 0.717) is 18.8 Å². The lowest BCUT2D eigenvalue weighted by molar-refractivity contribution is 0.0983. The molecule has 0 saturated carbocycles. The van der Waals surface area contributed by atoms with Gasteiger partial charge in [0.15, 0.2) is 5.69 Å². The molecule has 3 N–H and O–H groups in total. The maximum Gasteiger partial charge on any atom is 0.269 e. The molecular formula is C16H20N4O2. The number of nitrogens with zero attached hydrogens (tertiary/aromatic N) is 3. The third kappa shape index (κ3) is 2.75. The van der Waals surface area contributed by atoms with Gasteiger partial charge in [0, 0.05) is 44.4 Å². The molecule has 1 atom stereocenters. The molecule has 0 bridgehead atoms. The molecule has 0 saturated heterocycles. The fourth-order valence-corrected chi connectivity index (χ4v) is 3.03. The molecule has 0 spiro atoms. The van der Waals surface area contributed by atoms with Crippen molar-refractivity contribution < 1.29 is 9.90 Å². The zero-order valence-electron chi connectivity index (χ0n) is 12.6. The minimum atomic E-state index is -0.545. The van der Waals surface area contributed by atoms with Crippen LogP contribution in [0, 0.1) is 0 Å². The van der Waals surface area contributed by atoms with Crippen molar-refractivity contribution >= 4 is 5.91 Å². The van der Waals surface area contributed by atoms with Crippen molar-refractivity contribution in [2.24, 2.45) is 12.8 Å². The van der Waals surface area contributed by atoms with Crippen LogP contribution in [-0.2, 0) is 20.0 Å². The second-order valence-corrected chi connectivity index (χ2v) is 5.67. The number of β-amino-alcohol motifs (C(OH)–C–C–N with tert-alkyl or cyclic N) is 1.